The van der Waals surface area contributed by atoms with Crippen LogP contribution in [0.25, 0.3) is 0 Å². The predicted molar refractivity (Wildman–Crippen MR) is 151 cm³/mol. The van der Waals surface area contributed by atoms with Crippen LogP contribution in [-0.2, 0) is 24.9 Å². The van der Waals surface area contributed by atoms with E-state index < -0.39 is 5.97 Å². The molecule has 0 aliphatic heterocycles. The molecule has 8 nitrogen and oxygen atoms in total. The molecule has 1 aliphatic rings. The van der Waals surface area contributed by atoms with Gasteiger partial charge in [0.05, 0.1) is 18.7 Å². The van der Waals surface area contributed by atoms with Crippen LogP contribution in [-0.4, -0.2) is 43.4 Å². The lowest BCUT2D eigenvalue weighted by molar-refractivity contribution is -0.139. The molecular weight excluding hydrogens is 518 g/mol. The van der Waals surface area contributed by atoms with Gasteiger partial charge in [-0.3, -0.25) is 18.8 Å². The third-order valence-electron chi connectivity index (χ3n) is 8.15. The van der Waals surface area contributed by atoms with Crippen LogP contribution >= 0.6 is 11.6 Å². The Labute approximate surface area is 234 Å². The summed E-state index contributed by atoms with van der Waals surface area (Å²) in [6, 6.07) is 14.1. The number of rotatable bonds is 12. The first-order valence-electron chi connectivity index (χ1n) is 13.3. The molecule has 1 fully saturated rings. The maximum absolute atomic E-state index is 12.1. The van der Waals surface area contributed by atoms with Gasteiger partial charge in [-0.1, -0.05) is 56.6 Å². The minimum Gasteiger partial charge on any atom is -0.493 e. The second-order valence-electron chi connectivity index (χ2n) is 11.1. The van der Waals surface area contributed by atoms with Crippen molar-refractivity contribution in [2.24, 2.45) is 24.3 Å². The van der Waals surface area contributed by atoms with Crippen LogP contribution in [0.1, 0.15) is 49.9 Å². The van der Waals surface area contributed by atoms with E-state index in [2.05, 4.69) is 17.9 Å². The lowest BCUT2D eigenvalue weighted by Crippen LogP contribution is -2.31. The van der Waals surface area contributed by atoms with Crippen molar-refractivity contribution < 1.29 is 19.7 Å². The van der Waals surface area contributed by atoms with E-state index >= 15 is 0 Å². The van der Waals surface area contributed by atoms with Crippen molar-refractivity contribution in [2.75, 3.05) is 13.2 Å². The highest BCUT2D eigenvalue weighted by atomic mass is 35.5. The highest BCUT2D eigenvalue weighted by Crippen LogP contribution is 2.59. The maximum atomic E-state index is 12.1. The van der Waals surface area contributed by atoms with Gasteiger partial charge in [0.25, 0.3) is 0 Å². The van der Waals surface area contributed by atoms with Crippen molar-refractivity contribution in [3.8, 4) is 11.6 Å². The molecule has 2 aromatic carbocycles. The second kappa shape index (κ2) is 11.5. The average molecular weight is 556 g/mol. The van der Waals surface area contributed by atoms with Gasteiger partial charge in [0, 0.05) is 31.2 Å². The Hall–Kier alpha value is -3.23. The van der Waals surface area contributed by atoms with Gasteiger partial charge in [0.15, 0.2) is 0 Å². The first kappa shape index (κ1) is 28.8. The number of aromatic nitrogens is 2. The van der Waals surface area contributed by atoms with Crippen LogP contribution in [0.2, 0.25) is 5.02 Å². The molecule has 1 aliphatic carbocycles. The molecule has 3 aromatic rings. The number of carboxylic acid groups (broad SMARTS) is 1. The van der Waals surface area contributed by atoms with E-state index in [9.17, 15) is 19.8 Å². The number of carboxylic acids is 1. The zero-order valence-electron chi connectivity index (χ0n) is 23.2. The number of hydrogen-bond donors (Lipinski definition) is 2. The van der Waals surface area contributed by atoms with E-state index in [1.54, 1.807) is 7.05 Å². The number of imidazole rings is 1. The SMILES string of the molecule is CCC(c1ccc(Cl)cc1)N(Cc1ccc(OCCn2c(O)cn(C)c2=O)c(C)c1)C[C@@H]1[C@@H](C(=O)O)C1(C)C. The van der Waals surface area contributed by atoms with Gasteiger partial charge in [-0.05, 0) is 59.6 Å². The van der Waals surface area contributed by atoms with Crippen LogP contribution in [0, 0.1) is 24.2 Å². The first-order valence-corrected chi connectivity index (χ1v) is 13.7. The van der Waals surface area contributed by atoms with Crippen LogP contribution in [0.3, 0.4) is 0 Å². The fourth-order valence-electron chi connectivity index (χ4n) is 5.77. The smallest absolute Gasteiger partial charge is 0.330 e. The van der Waals surface area contributed by atoms with Crippen molar-refractivity contribution in [1.29, 1.82) is 0 Å². The van der Waals surface area contributed by atoms with Crippen LogP contribution in [0.15, 0.2) is 53.5 Å². The number of nitrogens with zero attached hydrogens (tertiary/aromatic N) is 3. The van der Waals surface area contributed by atoms with E-state index in [0.29, 0.717) is 23.9 Å². The zero-order chi connectivity index (χ0) is 28.5. The second-order valence-corrected chi connectivity index (χ2v) is 11.6. The molecule has 1 aromatic heterocycles. The Kier molecular flexibility index (Phi) is 8.47. The largest absolute Gasteiger partial charge is 0.493 e. The normalized spacial score (nSPS) is 18.7. The molecule has 2 N–H and O–H groups in total. The van der Waals surface area contributed by atoms with Crippen LogP contribution in [0.4, 0.5) is 0 Å². The number of hydrogen-bond acceptors (Lipinski definition) is 5. The highest BCUT2D eigenvalue weighted by molar-refractivity contribution is 6.30. The van der Waals surface area contributed by atoms with Gasteiger partial charge in [-0.15, -0.1) is 0 Å². The van der Waals surface area contributed by atoms with Crippen molar-refractivity contribution in [2.45, 2.75) is 53.2 Å². The number of aryl methyl sites for hydroxylation is 2. The third kappa shape index (κ3) is 6.17. The Morgan fingerprint density at radius 3 is 2.44 bits per heavy atom. The van der Waals surface area contributed by atoms with E-state index in [0.717, 1.165) is 23.1 Å². The molecule has 0 radical (unpaired) electrons. The Balaban J connectivity index is 1.51. The number of halogens is 1. The monoisotopic (exact) mass is 555 g/mol. The summed E-state index contributed by atoms with van der Waals surface area (Å²) in [6.07, 6.45) is 2.25. The summed E-state index contributed by atoms with van der Waals surface area (Å²) in [5.74, 6) is -0.385. The number of ether oxygens (including phenoxy) is 1. The number of benzene rings is 2. The molecule has 0 bridgehead atoms. The van der Waals surface area contributed by atoms with Crippen LogP contribution in [0.5, 0.6) is 11.6 Å². The van der Waals surface area contributed by atoms with Gasteiger partial charge in [0.2, 0.25) is 5.88 Å². The number of aromatic hydroxyl groups is 1. The fourth-order valence-corrected chi connectivity index (χ4v) is 5.90. The molecule has 39 heavy (non-hydrogen) atoms. The molecule has 0 amide bonds. The summed E-state index contributed by atoms with van der Waals surface area (Å²) in [7, 11) is 1.59. The Morgan fingerprint density at radius 1 is 1.21 bits per heavy atom. The molecule has 1 heterocycles. The van der Waals surface area contributed by atoms with Gasteiger partial charge < -0.3 is 14.9 Å². The molecule has 0 spiro atoms. The zero-order valence-corrected chi connectivity index (χ0v) is 24.0. The predicted octanol–water partition coefficient (Wildman–Crippen LogP) is 5.24. The third-order valence-corrected chi connectivity index (χ3v) is 8.40. The Bertz CT molecular complexity index is 1380. The highest BCUT2D eigenvalue weighted by Gasteiger charge is 2.62. The molecule has 9 heteroatoms. The minimum absolute atomic E-state index is 0.0675. The molecule has 0 saturated heterocycles. The van der Waals surface area contributed by atoms with Gasteiger partial charge in [-0.25, -0.2) is 4.79 Å². The van der Waals surface area contributed by atoms with Gasteiger partial charge in [-0.2, -0.15) is 0 Å². The van der Waals surface area contributed by atoms with Crippen molar-refractivity contribution in [3.05, 3.63) is 80.9 Å². The van der Waals surface area contributed by atoms with E-state index in [-0.39, 0.29) is 48.0 Å². The number of carbonyl (C=O) groups is 1. The summed E-state index contributed by atoms with van der Waals surface area (Å²) in [4.78, 5) is 26.4. The lowest BCUT2D eigenvalue weighted by Gasteiger charge is -2.32. The first-order chi connectivity index (χ1) is 18.4. The standard InChI is InChI=1S/C30H38ClN3O5/c1-6-24(21-8-10-22(31)11-9-21)33(17-23-27(28(36)37)30(23,3)4)16-20-7-12-25(19(2)15-20)39-14-13-34-26(35)18-32(5)29(34)38/h7-12,15,18,23-24,27,35H,6,13-14,16-17H2,1-5H3,(H,36,37)/t23-,24?,27+/m1/s1. The quantitative estimate of drug-likeness (QED) is 0.317. The summed E-state index contributed by atoms with van der Waals surface area (Å²) in [6.45, 7) is 10.0. The summed E-state index contributed by atoms with van der Waals surface area (Å²) in [5, 5.41) is 20.4. The van der Waals surface area contributed by atoms with Crippen molar-refractivity contribution in [3.63, 3.8) is 0 Å². The van der Waals surface area contributed by atoms with Gasteiger partial charge in [0.1, 0.15) is 12.4 Å². The van der Waals surface area contributed by atoms with E-state index in [4.69, 9.17) is 16.3 Å². The average Bonchev–Trinajstić information content (AvgIpc) is 3.33. The maximum Gasteiger partial charge on any atom is 0.330 e. The van der Waals surface area contributed by atoms with E-state index in [1.165, 1.54) is 15.3 Å². The number of aliphatic carboxylic acids is 1. The minimum atomic E-state index is -0.729. The van der Waals surface area contributed by atoms with Crippen molar-refractivity contribution >= 4 is 17.6 Å². The topological polar surface area (TPSA) is 96.9 Å². The molecule has 3 atom stereocenters. The summed E-state index contributed by atoms with van der Waals surface area (Å²) < 4.78 is 8.54. The molecule has 4 rings (SSSR count). The fraction of sp³-hybridized carbons (Fsp3) is 0.467. The summed E-state index contributed by atoms with van der Waals surface area (Å²) in [5.41, 5.74) is 2.69. The summed E-state index contributed by atoms with van der Waals surface area (Å²) >= 11 is 6.15. The molecule has 210 valence electrons. The van der Waals surface area contributed by atoms with Crippen LogP contribution < -0.4 is 10.4 Å². The lowest BCUT2D eigenvalue weighted by atomic mass is 10.00. The Morgan fingerprint density at radius 2 is 1.90 bits per heavy atom. The molecule has 1 unspecified atom stereocenters. The van der Waals surface area contributed by atoms with Crippen molar-refractivity contribution in [1.82, 2.24) is 14.0 Å². The molecular formula is C30H38ClN3O5. The van der Waals surface area contributed by atoms with E-state index in [1.807, 2.05) is 57.2 Å². The molecule has 1 saturated carbocycles. The van der Waals surface area contributed by atoms with Gasteiger partial charge >= 0.3 is 11.7 Å².